The van der Waals surface area contributed by atoms with Crippen LogP contribution in [0.25, 0.3) is 0 Å². The highest BCUT2D eigenvalue weighted by atomic mass is 19.1. The van der Waals surface area contributed by atoms with Crippen LogP contribution in [0.3, 0.4) is 0 Å². The van der Waals surface area contributed by atoms with Gasteiger partial charge >= 0.3 is 0 Å². The molecule has 0 atom stereocenters. The van der Waals surface area contributed by atoms with Crippen LogP contribution in [0.1, 0.15) is 28.8 Å². The van der Waals surface area contributed by atoms with Crippen LogP contribution < -0.4 is 11.1 Å². The molecule has 0 bridgehead atoms. The van der Waals surface area contributed by atoms with E-state index in [1.54, 1.807) is 42.5 Å². The molecule has 0 spiro atoms. The van der Waals surface area contributed by atoms with Crippen molar-refractivity contribution in [2.75, 3.05) is 11.9 Å². The fourth-order valence-corrected chi connectivity index (χ4v) is 2.78. The fourth-order valence-electron chi connectivity index (χ4n) is 2.78. The number of para-hydroxylation sites is 1. The molecule has 0 aliphatic heterocycles. The first-order valence-corrected chi connectivity index (χ1v) is 8.20. The topological polar surface area (TPSA) is 75.4 Å². The highest BCUT2D eigenvalue weighted by molar-refractivity contribution is 6.03. The van der Waals surface area contributed by atoms with Crippen LogP contribution in [-0.4, -0.2) is 29.3 Å². The molecule has 25 heavy (non-hydrogen) atoms. The molecule has 0 unspecified atom stereocenters. The van der Waals surface area contributed by atoms with Crippen molar-refractivity contribution < 1.29 is 14.0 Å². The third-order valence-electron chi connectivity index (χ3n) is 4.21. The van der Waals surface area contributed by atoms with Crippen molar-refractivity contribution in [1.82, 2.24) is 4.90 Å². The Balaban J connectivity index is 1.68. The standard InChI is InChI=1S/C19H20FN3O2/c20-16-7-3-1-5-13(16)11-23(14-9-10-14)12-18(24)22-17-8-4-2-6-15(17)19(21)25/h1-8,14H,9-12H2,(H2,21,25)(H,22,24). The van der Waals surface area contributed by atoms with Gasteiger partial charge in [0.2, 0.25) is 5.91 Å². The molecule has 6 heteroatoms. The highest BCUT2D eigenvalue weighted by Crippen LogP contribution is 2.28. The van der Waals surface area contributed by atoms with Crippen molar-refractivity contribution in [3.8, 4) is 0 Å². The van der Waals surface area contributed by atoms with Gasteiger partial charge in [-0.05, 0) is 31.0 Å². The van der Waals surface area contributed by atoms with E-state index < -0.39 is 5.91 Å². The first-order valence-electron chi connectivity index (χ1n) is 8.20. The molecule has 1 aliphatic rings. The largest absolute Gasteiger partial charge is 0.366 e. The number of nitrogens with one attached hydrogen (secondary N) is 1. The van der Waals surface area contributed by atoms with Crippen LogP contribution in [0.2, 0.25) is 0 Å². The third-order valence-corrected chi connectivity index (χ3v) is 4.21. The summed E-state index contributed by atoms with van der Waals surface area (Å²) in [5.41, 5.74) is 6.55. The second-order valence-corrected chi connectivity index (χ2v) is 6.19. The lowest BCUT2D eigenvalue weighted by Gasteiger charge is -2.22. The van der Waals surface area contributed by atoms with Gasteiger partial charge in [-0.1, -0.05) is 30.3 Å². The Labute approximate surface area is 145 Å². The van der Waals surface area contributed by atoms with E-state index in [1.807, 2.05) is 4.90 Å². The number of carbonyl (C=O) groups is 2. The van der Waals surface area contributed by atoms with Crippen molar-refractivity contribution in [2.24, 2.45) is 5.73 Å². The van der Waals surface area contributed by atoms with Crippen LogP contribution in [-0.2, 0) is 11.3 Å². The van der Waals surface area contributed by atoms with Crippen molar-refractivity contribution in [2.45, 2.75) is 25.4 Å². The lowest BCUT2D eigenvalue weighted by Crippen LogP contribution is -2.35. The maximum absolute atomic E-state index is 13.9. The Morgan fingerprint density at radius 2 is 1.80 bits per heavy atom. The minimum atomic E-state index is -0.596. The number of hydrogen-bond acceptors (Lipinski definition) is 3. The number of nitrogens with two attached hydrogens (primary N) is 1. The zero-order chi connectivity index (χ0) is 17.8. The van der Waals surface area contributed by atoms with Gasteiger partial charge in [-0.2, -0.15) is 0 Å². The molecule has 5 nitrogen and oxygen atoms in total. The van der Waals surface area contributed by atoms with Gasteiger partial charge in [0, 0.05) is 18.2 Å². The number of amides is 2. The molecule has 1 saturated carbocycles. The quantitative estimate of drug-likeness (QED) is 0.812. The van der Waals surface area contributed by atoms with Crippen molar-refractivity contribution in [3.63, 3.8) is 0 Å². The predicted octanol–water partition coefficient (Wildman–Crippen LogP) is 2.53. The van der Waals surface area contributed by atoms with Crippen LogP contribution >= 0.6 is 0 Å². The van der Waals surface area contributed by atoms with Crippen LogP contribution in [0.5, 0.6) is 0 Å². The number of rotatable bonds is 7. The van der Waals surface area contributed by atoms with Gasteiger partial charge in [0.25, 0.3) is 5.91 Å². The van der Waals surface area contributed by atoms with Gasteiger partial charge in [0.1, 0.15) is 5.82 Å². The van der Waals surface area contributed by atoms with E-state index in [2.05, 4.69) is 5.32 Å². The summed E-state index contributed by atoms with van der Waals surface area (Å²) < 4.78 is 13.9. The Bertz CT molecular complexity index is 790. The van der Waals surface area contributed by atoms with E-state index in [-0.39, 0.29) is 29.9 Å². The number of hydrogen-bond donors (Lipinski definition) is 2. The summed E-state index contributed by atoms with van der Waals surface area (Å²) in [4.78, 5) is 25.8. The number of carbonyl (C=O) groups excluding carboxylic acids is 2. The zero-order valence-corrected chi connectivity index (χ0v) is 13.7. The van der Waals surface area contributed by atoms with Gasteiger partial charge < -0.3 is 11.1 Å². The summed E-state index contributed by atoms with van der Waals surface area (Å²) in [6, 6.07) is 13.5. The van der Waals surface area contributed by atoms with Crippen LogP contribution in [0, 0.1) is 5.82 Å². The number of halogens is 1. The molecule has 0 saturated heterocycles. The second-order valence-electron chi connectivity index (χ2n) is 6.19. The van der Waals surface area contributed by atoms with E-state index in [1.165, 1.54) is 6.07 Å². The number of anilines is 1. The smallest absolute Gasteiger partial charge is 0.250 e. The molecule has 0 radical (unpaired) electrons. The lowest BCUT2D eigenvalue weighted by atomic mass is 10.1. The summed E-state index contributed by atoms with van der Waals surface area (Å²) in [5, 5.41) is 2.73. The molecule has 1 aliphatic carbocycles. The Hall–Kier alpha value is -2.73. The van der Waals surface area contributed by atoms with Gasteiger partial charge in [0.05, 0.1) is 17.8 Å². The summed E-state index contributed by atoms with van der Waals surface area (Å²) in [6.45, 7) is 0.508. The molecule has 1 fully saturated rings. The maximum atomic E-state index is 13.9. The fraction of sp³-hybridized carbons (Fsp3) is 0.263. The van der Waals surface area contributed by atoms with Gasteiger partial charge in [-0.3, -0.25) is 14.5 Å². The van der Waals surface area contributed by atoms with Crippen molar-refractivity contribution in [1.29, 1.82) is 0 Å². The van der Waals surface area contributed by atoms with E-state index >= 15 is 0 Å². The Kier molecular flexibility index (Phi) is 5.09. The highest BCUT2D eigenvalue weighted by Gasteiger charge is 2.31. The normalized spacial score (nSPS) is 13.7. The first kappa shape index (κ1) is 17.1. The summed E-state index contributed by atoms with van der Waals surface area (Å²) in [5.74, 6) is -1.12. The Morgan fingerprint density at radius 3 is 2.48 bits per heavy atom. The third kappa shape index (κ3) is 4.42. The molecule has 0 heterocycles. The lowest BCUT2D eigenvalue weighted by molar-refractivity contribution is -0.117. The van der Waals surface area contributed by atoms with Crippen molar-refractivity contribution in [3.05, 3.63) is 65.5 Å². The monoisotopic (exact) mass is 341 g/mol. The van der Waals surface area contributed by atoms with Crippen LogP contribution in [0.4, 0.5) is 10.1 Å². The minimum Gasteiger partial charge on any atom is -0.366 e. The number of primary amides is 1. The molecule has 2 aromatic rings. The van der Waals surface area contributed by atoms with Crippen LogP contribution in [0.15, 0.2) is 48.5 Å². The molecule has 130 valence electrons. The molecular formula is C19H20FN3O2. The molecule has 2 amide bonds. The van der Waals surface area contributed by atoms with Gasteiger partial charge in [-0.15, -0.1) is 0 Å². The van der Waals surface area contributed by atoms with E-state index in [9.17, 15) is 14.0 Å². The van der Waals surface area contributed by atoms with E-state index in [0.29, 0.717) is 17.8 Å². The number of nitrogens with zero attached hydrogens (tertiary/aromatic N) is 1. The maximum Gasteiger partial charge on any atom is 0.250 e. The van der Waals surface area contributed by atoms with Gasteiger partial charge in [-0.25, -0.2) is 4.39 Å². The zero-order valence-electron chi connectivity index (χ0n) is 13.7. The molecule has 2 aromatic carbocycles. The van der Waals surface area contributed by atoms with Gasteiger partial charge in [0.15, 0.2) is 0 Å². The van der Waals surface area contributed by atoms with E-state index in [4.69, 9.17) is 5.73 Å². The Morgan fingerprint density at radius 1 is 1.12 bits per heavy atom. The van der Waals surface area contributed by atoms with Crippen molar-refractivity contribution >= 4 is 17.5 Å². The average Bonchev–Trinajstić information content (AvgIpc) is 3.41. The summed E-state index contributed by atoms with van der Waals surface area (Å²) in [6.07, 6.45) is 2.00. The summed E-state index contributed by atoms with van der Waals surface area (Å²) in [7, 11) is 0. The predicted molar refractivity (Wildman–Crippen MR) is 93.4 cm³/mol. The average molecular weight is 341 g/mol. The molecule has 0 aromatic heterocycles. The molecule has 3 N–H and O–H groups in total. The molecule has 3 rings (SSSR count). The SMILES string of the molecule is NC(=O)c1ccccc1NC(=O)CN(Cc1ccccc1F)C1CC1. The second kappa shape index (κ2) is 7.44. The molecular weight excluding hydrogens is 321 g/mol. The first-order chi connectivity index (χ1) is 12.0. The van der Waals surface area contributed by atoms with E-state index in [0.717, 1.165) is 12.8 Å². The minimum absolute atomic E-state index is 0.131. The summed E-state index contributed by atoms with van der Waals surface area (Å²) >= 11 is 0. The number of benzene rings is 2.